The average molecular weight is 409 g/mol. The molecule has 4 aromatic rings. The summed E-state index contributed by atoms with van der Waals surface area (Å²) in [6, 6.07) is 37.1. The van der Waals surface area contributed by atoms with E-state index in [-0.39, 0.29) is 5.91 Å². The summed E-state index contributed by atoms with van der Waals surface area (Å²) in [6.45, 7) is 0. The molecule has 30 heavy (non-hydrogen) atoms. The van der Waals surface area contributed by atoms with E-state index in [1.165, 1.54) is 0 Å². The van der Waals surface area contributed by atoms with Gasteiger partial charge in [-0.15, -0.1) is 0 Å². The molecule has 0 aliphatic carbocycles. The maximum Gasteiger partial charge on any atom is 0.257 e. The molecule has 0 heterocycles. The lowest BCUT2D eigenvalue weighted by molar-refractivity contribution is 0.0977. The van der Waals surface area contributed by atoms with Gasteiger partial charge in [0.25, 0.3) is 5.91 Å². The lowest BCUT2D eigenvalue weighted by atomic mass is 10.0. The number of benzene rings is 4. The number of nitrogens with zero attached hydrogens (tertiary/aromatic N) is 1. The summed E-state index contributed by atoms with van der Waals surface area (Å²) in [7, 11) is 0. The van der Waals surface area contributed by atoms with E-state index >= 15 is 0 Å². The van der Waals surface area contributed by atoms with E-state index < -0.39 is 0 Å². The minimum Gasteiger partial charge on any atom is -0.298 e. The van der Waals surface area contributed by atoms with Gasteiger partial charge in [0.1, 0.15) is 0 Å². The van der Waals surface area contributed by atoms with Gasteiger partial charge in [-0.25, -0.2) is 0 Å². The van der Waals surface area contributed by atoms with Gasteiger partial charge in [-0.1, -0.05) is 78.9 Å². The normalized spacial score (nSPS) is 10.3. The number of thiocarbonyl (C=S) groups is 1. The molecule has 4 rings (SSSR count). The van der Waals surface area contributed by atoms with Crippen molar-refractivity contribution in [2.75, 3.05) is 4.90 Å². The van der Waals surface area contributed by atoms with Crippen molar-refractivity contribution in [1.29, 1.82) is 0 Å². The number of amides is 1. The molecule has 3 nitrogen and oxygen atoms in total. The van der Waals surface area contributed by atoms with Gasteiger partial charge in [0.15, 0.2) is 5.11 Å². The third-order valence-corrected chi connectivity index (χ3v) is 4.99. The van der Waals surface area contributed by atoms with Gasteiger partial charge in [-0.2, -0.15) is 0 Å². The van der Waals surface area contributed by atoms with E-state index in [2.05, 4.69) is 5.32 Å². The van der Waals surface area contributed by atoms with Crippen molar-refractivity contribution in [2.24, 2.45) is 0 Å². The molecule has 146 valence electrons. The first-order valence-corrected chi connectivity index (χ1v) is 10.0. The molecule has 1 amide bonds. The maximum atomic E-state index is 12.8. The van der Waals surface area contributed by atoms with E-state index in [4.69, 9.17) is 12.2 Å². The van der Waals surface area contributed by atoms with Crippen LogP contribution in [0, 0.1) is 0 Å². The van der Waals surface area contributed by atoms with Crippen LogP contribution in [-0.4, -0.2) is 11.0 Å². The lowest BCUT2D eigenvalue weighted by Crippen LogP contribution is -2.40. The second kappa shape index (κ2) is 9.16. The van der Waals surface area contributed by atoms with Crippen molar-refractivity contribution in [3.63, 3.8) is 0 Å². The highest BCUT2D eigenvalue weighted by atomic mass is 32.1. The molecule has 0 spiro atoms. The van der Waals surface area contributed by atoms with Gasteiger partial charge in [0, 0.05) is 16.9 Å². The molecule has 0 atom stereocenters. The summed E-state index contributed by atoms with van der Waals surface area (Å²) in [5.74, 6) is -0.239. The number of rotatable bonds is 4. The monoisotopic (exact) mass is 408 g/mol. The molecule has 0 saturated heterocycles. The van der Waals surface area contributed by atoms with E-state index in [9.17, 15) is 4.79 Å². The van der Waals surface area contributed by atoms with Crippen molar-refractivity contribution in [3.05, 3.63) is 121 Å². The van der Waals surface area contributed by atoms with Crippen molar-refractivity contribution in [3.8, 4) is 11.1 Å². The second-order valence-electron chi connectivity index (χ2n) is 6.71. The molecule has 0 aromatic heterocycles. The second-order valence-corrected chi connectivity index (χ2v) is 7.10. The number of nitrogens with one attached hydrogen (secondary N) is 1. The summed E-state index contributed by atoms with van der Waals surface area (Å²) in [5.41, 5.74) is 4.49. The van der Waals surface area contributed by atoms with Gasteiger partial charge in [0.2, 0.25) is 0 Å². The fourth-order valence-corrected chi connectivity index (χ4v) is 3.51. The summed E-state index contributed by atoms with van der Waals surface area (Å²) < 4.78 is 0. The van der Waals surface area contributed by atoms with Gasteiger partial charge in [0.05, 0.1) is 0 Å². The van der Waals surface area contributed by atoms with Crippen LogP contribution in [0.4, 0.5) is 11.4 Å². The zero-order valence-corrected chi connectivity index (χ0v) is 17.0. The Kier molecular flexibility index (Phi) is 5.97. The minimum absolute atomic E-state index is 0.239. The summed E-state index contributed by atoms with van der Waals surface area (Å²) in [6.07, 6.45) is 0. The first-order valence-electron chi connectivity index (χ1n) is 9.63. The minimum atomic E-state index is -0.239. The number of carbonyl (C=O) groups is 1. The number of para-hydroxylation sites is 2. The molecule has 0 radical (unpaired) electrons. The van der Waals surface area contributed by atoms with Gasteiger partial charge >= 0.3 is 0 Å². The van der Waals surface area contributed by atoms with Crippen LogP contribution in [0.1, 0.15) is 10.4 Å². The van der Waals surface area contributed by atoms with Crippen molar-refractivity contribution >= 4 is 34.6 Å². The Hall–Kier alpha value is -3.76. The smallest absolute Gasteiger partial charge is 0.257 e. The van der Waals surface area contributed by atoms with E-state index in [0.29, 0.717) is 10.7 Å². The molecule has 0 bridgehead atoms. The fraction of sp³-hybridized carbons (Fsp3) is 0. The molecule has 1 N–H and O–H groups in total. The third-order valence-electron chi connectivity index (χ3n) is 4.71. The average Bonchev–Trinajstić information content (AvgIpc) is 2.81. The summed E-state index contributed by atoms with van der Waals surface area (Å²) >= 11 is 5.61. The molecule has 0 fully saturated rings. The van der Waals surface area contributed by atoms with Crippen LogP contribution in [0.3, 0.4) is 0 Å². The van der Waals surface area contributed by atoms with Crippen LogP contribution in [-0.2, 0) is 0 Å². The lowest BCUT2D eigenvalue weighted by Gasteiger charge is -2.25. The topological polar surface area (TPSA) is 32.3 Å². The summed E-state index contributed by atoms with van der Waals surface area (Å²) in [4.78, 5) is 14.7. The van der Waals surface area contributed by atoms with Gasteiger partial charge < -0.3 is 0 Å². The zero-order valence-electron chi connectivity index (χ0n) is 16.2. The Morgan fingerprint density at radius 2 is 1.03 bits per heavy atom. The highest BCUT2D eigenvalue weighted by Gasteiger charge is 2.17. The molecular formula is C26H20N2OS. The van der Waals surface area contributed by atoms with Crippen LogP contribution in [0.15, 0.2) is 115 Å². The molecule has 0 aliphatic heterocycles. The number of hydrogen-bond acceptors (Lipinski definition) is 2. The zero-order chi connectivity index (χ0) is 20.8. The molecular weight excluding hydrogens is 388 g/mol. The number of anilines is 2. The standard InChI is InChI=1S/C26H20N2OS/c29-25(22-18-16-21(17-19-22)20-10-4-1-5-11-20)27-26(30)28(23-12-6-2-7-13-23)24-14-8-3-9-15-24/h1-19H,(H,27,29,30). The Balaban J connectivity index is 1.54. The van der Waals surface area contributed by atoms with Crippen LogP contribution >= 0.6 is 12.2 Å². The van der Waals surface area contributed by atoms with E-state index in [1.807, 2.05) is 120 Å². The van der Waals surface area contributed by atoms with Crippen molar-refractivity contribution in [1.82, 2.24) is 5.32 Å². The summed E-state index contributed by atoms with van der Waals surface area (Å²) in [5, 5.41) is 3.19. The Labute approximate surface area is 181 Å². The van der Waals surface area contributed by atoms with E-state index in [0.717, 1.165) is 22.5 Å². The molecule has 4 aromatic carbocycles. The predicted molar refractivity (Wildman–Crippen MR) is 127 cm³/mol. The van der Waals surface area contributed by atoms with Crippen molar-refractivity contribution < 1.29 is 4.79 Å². The Bertz CT molecular complexity index is 1090. The van der Waals surface area contributed by atoms with Crippen LogP contribution in [0.5, 0.6) is 0 Å². The highest BCUT2D eigenvalue weighted by Crippen LogP contribution is 2.25. The highest BCUT2D eigenvalue weighted by molar-refractivity contribution is 7.80. The number of hydrogen-bond donors (Lipinski definition) is 1. The SMILES string of the molecule is O=C(NC(=S)N(c1ccccc1)c1ccccc1)c1ccc(-c2ccccc2)cc1. The van der Waals surface area contributed by atoms with Crippen LogP contribution < -0.4 is 10.2 Å². The van der Waals surface area contributed by atoms with Crippen molar-refractivity contribution in [2.45, 2.75) is 0 Å². The first kappa shape index (κ1) is 19.6. The number of carbonyl (C=O) groups excluding carboxylic acids is 1. The molecule has 4 heteroatoms. The fourth-order valence-electron chi connectivity index (χ4n) is 3.21. The predicted octanol–water partition coefficient (Wildman–Crippen LogP) is 6.21. The molecule has 0 aliphatic rings. The Morgan fingerprint density at radius 3 is 1.53 bits per heavy atom. The quantitative estimate of drug-likeness (QED) is 0.408. The maximum absolute atomic E-state index is 12.8. The van der Waals surface area contributed by atoms with E-state index in [1.54, 1.807) is 0 Å². The third kappa shape index (κ3) is 4.45. The Morgan fingerprint density at radius 1 is 0.600 bits per heavy atom. The van der Waals surface area contributed by atoms with Crippen LogP contribution in [0.25, 0.3) is 11.1 Å². The van der Waals surface area contributed by atoms with Gasteiger partial charge in [-0.3, -0.25) is 15.0 Å². The van der Waals surface area contributed by atoms with Gasteiger partial charge in [-0.05, 0) is 59.7 Å². The largest absolute Gasteiger partial charge is 0.298 e. The molecule has 0 saturated carbocycles. The van der Waals surface area contributed by atoms with Crippen LogP contribution in [0.2, 0.25) is 0 Å². The first-order chi connectivity index (χ1) is 14.7. The molecule has 0 unspecified atom stereocenters.